The predicted molar refractivity (Wildman–Crippen MR) is 236 cm³/mol. The highest BCUT2D eigenvalue weighted by molar-refractivity contribution is 7.26. The summed E-state index contributed by atoms with van der Waals surface area (Å²) in [7, 11) is 0. The van der Waals surface area contributed by atoms with Gasteiger partial charge in [-0.2, -0.15) is 0 Å². The minimum Gasteiger partial charge on any atom is -0.309 e. The minimum atomic E-state index is 0.732. The fourth-order valence-electron chi connectivity index (χ4n) is 8.13. The molecule has 56 heavy (non-hydrogen) atoms. The van der Waals surface area contributed by atoms with Crippen LogP contribution in [0.4, 0.5) is 0 Å². The molecule has 262 valence electrons. The molecule has 0 bridgehead atoms. The molecule has 3 aromatic heterocycles. The Hall–Kier alpha value is -7.14. The SMILES string of the molecule is c1ccc(-c2ccc(-c3nc(-c4ccccc4)nc4c3sc3c(-c5cccc(-c6ccc7c8ccccc8n(-c8ccccc8)c7c6)c5)cccc34)cc2)cc1. The van der Waals surface area contributed by atoms with Crippen molar-refractivity contribution in [1.82, 2.24) is 14.5 Å². The highest BCUT2D eigenvalue weighted by Crippen LogP contribution is 2.44. The summed E-state index contributed by atoms with van der Waals surface area (Å²) in [6, 6.07) is 71.4. The van der Waals surface area contributed by atoms with Crippen LogP contribution in [0.25, 0.3) is 104 Å². The lowest BCUT2D eigenvalue weighted by Gasteiger charge is -2.10. The average Bonchev–Trinajstić information content (AvgIpc) is 3.83. The Balaban J connectivity index is 1.06. The Kier molecular flexibility index (Phi) is 7.68. The fraction of sp³-hybridized carbons (Fsp3) is 0. The second-order valence-corrected chi connectivity index (χ2v) is 15.2. The molecule has 0 unspecified atom stereocenters. The molecule has 3 nitrogen and oxygen atoms in total. The molecule has 0 aliphatic rings. The van der Waals surface area contributed by atoms with Gasteiger partial charge in [-0.15, -0.1) is 11.3 Å². The van der Waals surface area contributed by atoms with Gasteiger partial charge >= 0.3 is 0 Å². The van der Waals surface area contributed by atoms with Crippen LogP contribution in [-0.4, -0.2) is 14.5 Å². The van der Waals surface area contributed by atoms with E-state index in [-0.39, 0.29) is 0 Å². The topological polar surface area (TPSA) is 30.7 Å². The molecule has 8 aromatic carbocycles. The lowest BCUT2D eigenvalue weighted by atomic mass is 9.97. The van der Waals surface area contributed by atoms with Crippen molar-refractivity contribution in [1.29, 1.82) is 0 Å². The summed E-state index contributed by atoms with van der Waals surface area (Å²) in [4.78, 5) is 10.5. The van der Waals surface area contributed by atoms with Gasteiger partial charge in [0, 0.05) is 37.7 Å². The van der Waals surface area contributed by atoms with Crippen LogP contribution in [0.15, 0.2) is 200 Å². The van der Waals surface area contributed by atoms with E-state index in [0.717, 1.165) is 43.9 Å². The van der Waals surface area contributed by atoms with Gasteiger partial charge in [-0.3, -0.25) is 0 Å². The zero-order chi connectivity index (χ0) is 37.0. The van der Waals surface area contributed by atoms with E-state index in [2.05, 4.69) is 187 Å². The molecule has 0 saturated heterocycles. The smallest absolute Gasteiger partial charge is 0.160 e. The summed E-state index contributed by atoms with van der Waals surface area (Å²) in [5.74, 6) is 0.732. The number of rotatable bonds is 6. The van der Waals surface area contributed by atoms with Gasteiger partial charge in [0.25, 0.3) is 0 Å². The Morgan fingerprint density at radius 1 is 0.357 bits per heavy atom. The first-order valence-corrected chi connectivity index (χ1v) is 19.7. The van der Waals surface area contributed by atoms with Crippen LogP contribution in [0.3, 0.4) is 0 Å². The van der Waals surface area contributed by atoms with Crippen molar-refractivity contribution in [2.75, 3.05) is 0 Å². The van der Waals surface area contributed by atoms with Gasteiger partial charge in [-0.25, -0.2) is 9.97 Å². The van der Waals surface area contributed by atoms with Crippen molar-refractivity contribution >= 4 is 53.4 Å². The van der Waals surface area contributed by atoms with Crippen LogP contribution in [-0.2, 0) is 0 Å². The third-order valence-corrected chi connectivity index (χ3v) is 12.1. The van der Waals surface area contributed by atoms with E-state index in [1.165, 1.54) is 59.9 Å². The van der Waals surface area contributed by atoms with Crippen LogP contribution >= 0.6 is 11.3 Å². The fourth-order valence-corrected chi connectivity index (χ4v) is 9.41. The summed E-state index contributed by atoms with van der Waals surface area (Å²) < 4.78 is 4.68. The van der Waals surface area contributed by atoms with Crippen molar-refractivity contribution < 1.29 is 0 Å². The zero-order valence-corrected chi connectivity index (χ0v) is 31.1. The summed E-state index contributed by atoms with van der Waals surface area (Å²) in [6.45, 7) is 0. The molecule has 0 fully saturated rings. The third-order valence-electron chi connectivity index (χ3n) is 10.8. The van der Waals surface area contributed by atoms with Crippen molar-refractivity contribution in [3.8, 4) is 61.7 Å². The standard InChI is InChI=1S/C52H33N3S/c1-4-14-34(15-5-1)35-26-28-36(29-27-35)48-51-49(54-52(53-48)37-16-6-2-7-17-37)45-24-13-23-42(50(45)56-51)40-19-12-18-38(32-40)39-30-31-44-43-22-10-11-25-46(43)55(47(44)33-39)41-20-8-3-9-21-41/h1-33H. The van der Waals surface area contributed by atoms with Crippen molar-refractivity contribution in [2.45, 2.75) is 0 Å². The summed E-state index contributed by atoms with van der Waals surface area (Å²) >= 11 is 1.79. The number of para-hydroxylation sites is 2. The van der Waals surface area contributed by atoms with E-state index in [0.29, 0.717) is 0 Å². The minimum absolute atomic E-state index is 0.732. The van der Waals surface area contributed by atoms with Crippen LogP contribution in [0.1, 0.15) is 0 Å². The Bertz CT molecular complexity index is 3220. The largest absolute Gasteiger partial charge is 0.309 e. The van der Waals surface area contributed by atoms with Gasteiger partial charge in [0.1, 0.15) is 0 Å². The maximum Gasteiger partial charge on any atom is 0.160 e. The van der Waals surface area contributed by atoms with Gasteiger partial charge in [-0.05, 0) is 63.7 Å². The molecule has 0 saturated carbocycles. The molecule has 0 spiro atoms. The number of fused-ring (bicyclic) bond motifs is 6. The zero-order valence-electron chi connectivity index (χ0n) is 30.3. The number of aromatic nitrogens is 3. The summed E-state index contributed by atoms with van der Waals surface area (Å²) in [5, 5.41) is 3.65. The highest BCUT2D eigenvalue weighted by atomic mass is 32.1. The molecular weight excluding hydrogens is 699 g/mol. The van der Waals surface area contributed by atoms with Crippen LogP contribution in [0.5, 0.6) is 0 Å². The molecule has 11 aromatic rings. The quantitative estimate of drug-likeness (QED) is 0.170. The Morgan fingerprint density at radius 2 is 0.929 bits per heavy atom. The van der Waals surface area contributed by atoms with E-state index in [1.807, 2.05) is 18.2 Å². The van der Waals surface area contributed by atoms with Crippen molar-refractivity contribution in [3.63, 3.8) is 0 Å². The normalized spacial score (nSPS) is 11.6. The second kappa shape index (κ2) is 13.3. The van der Waals surface area contributed by atoms with E-state index >= 15 is 0 Å². The Morgan fingerprint density at radius 3 is 1.73 bits per heavy atom. The second-order valence-electron chi connectivity index (χ2n) is 14.2. The first-order valence-electron chi connectivity index (χ1n) is 18.9. The highest BCUT2D eigenvalue weighted by Gasteiger charge is 2.19. The molecule has 0 radical (unpaired) electrons. The Labute approximate surface area is 328 Å². The van der Waals surface area contributed by atoms with Crippen molar-refractivity contribution in [3.05, 3.63) is 200 Å². The van der Waals surface area contributed by atoms with E-state index in [4.69, 9.17) is 9.97 Å². The molecule has 0 aliphatic carbocycles. The lowest BCUT2D eigenvalue weighted by molar-refractivity contribution is 1.18. The maximum atomic E-state index is 5.26. The van der Waals surface area contributed by atoms with Gasteiger partial charge in [-0.1, -0.05) is 170 Å². The van der Waals surface area contributed by atoms with Crippen LogP contribution in [0.2, 0.25) is 0 Å². The van der Waals surface area contributed by atoms with Crippen molar-refractivity contribution in [2.24, 2.45) is 0 Å². The molecule has 11 rings (SSSR count). The molecule has 4 heteroatoms. The number of nitrogens with zero attached hydrogens (tertiary/aromatic N) is 3. The molecular formula is C52H33N3S. The molecule has 0 N–H and O–H groups in total. The number of hydrogen-bond donors (Lipinski definition) is 0. The molecule has 3 heterocycles. The van der Waals surface area contributed by atoms with Gasteiger partial charge in [0.05, 0.1) is 26.9 Å². The van der Waals surface area contributed by atoms with Gasteiger partial charge in [0.2, 0.25) is 0 Å². The predicted octanol–water partition coefficient (Wildman–Crippen LogP) is 14.3. The van der Waals surface area contributed by atoms with Gasteiger partial charge < -0.3 is 4.57 Å². The average molecular weight is 732 g/mol. The third kappa shape index (κ3) is 5.42. The molecule has 0 atom stereocenters. The molecule has 0 amide bonds. The van der Waals surface area contributed by atoms with Gasteiger partial charge in [0.15, 0.2) is 5.82 Å². The monoisotopic (exact) mass is 731 g/mol. The lowest BCUT2D eigenvalue weighted by Crippen LogP contribution is -1.93. The molecule has 0 aliphatic heterocycles. The first-order chi connectivity index (χ1) is 27.8. The van der Waals surface area contributed by atoms with E-state index in [9.17, 15) is 0 Å². The number of benzene rings is 8. The first kappa shape index (κ1) is 32.3. The summed E-state index contributed by atoms with van der Waals surface area (Å²) in [5.41, 5.74) is 14.7. The number of hydrogen-bond acceptors (Lipinski definition) is 3. The summed E-state index contributed by atoms with van der Waals surface area (Å²) in [6.07, 6.45) is 0. The van der Waals surface area contributed by atoms with E-state index in [1.54, 1.807) is 11.3 Å². The van der Waals surface area contributed by atoms with Crippen LogP contribution in [0, 0.1) is 0 Å². The maximum absolute atomic E-state index is 5.26. The van der Waals surface area contributed by atoms with Crippen LogP contribution < -0.4 is 0 Å². The number of thiophene rings is 1. The van der Waals surface area contributed by atoms with E-state index < -0.39 is 0 Å².